The molecule has 7 nitrogen and oxygen atoms in total. The van der Waals surface area contributed by atoms with Gasteiger partial charge in [0.25, 0.3) is 0 Å². The number of ether oxygens (including phenoxy) is 2. The lowest BCUT2D eigenvalue weighted by molar-refractivity contribution is 0.00951. The summed E-state index contributed by atoms with van der Waals surface area (Å²) in [5.41, 5.74) is 3.03. The number of nitrogens with one attached hydrogen (secondary N) is 2. The van der Waals surface area contributed by atoms with Gasteiger partial charge in [-0.25, -0.2) is 9.18 Å². The van der Waals surface area contributed by atoms with Crippen molar-refractivity contribution in [3.63, 3.8) is 0 Å². The molecule has 0 bridgehead atoms. The summed E-state index contributed by atoms with van der Waals surface area (Å²) in [5, 5.41) is 12.4. The molecule has 1 fully saturated rings. The fourth-order valence-corrected chi connectivity index (χ4v) is 3.03. The van der Waals surface area contributed by atoms with E-state index in [-0.39, 0.29) is 12.6 Å². The number of carbonyl (C=O) groups excluding carboxylic acids is 1. The average Bonchev–Trinajstić information content (AvgIpc) is 2.61. The van der Waals surface area contributed by atoms with Gasteiger partial charge in [0.1, 0.15) is 17.5 Å². The summed E-state index contributed by atoms with van der Waals surface area (Å²) in [7, 11) is 1.58. The predicted octanol–water partition coefficient (Wildman–Crippen LogP) is 2.98. The molecule has 1 aliphatic rings. The molecule has 3 N–H and O–H groups in total. The first-order valence-corrected chi connectivity index (χ1v) is 9.16. The Bertz CT molecular complexity index is 636. The molecule has 8 heteroatoms. The van der Waals surface area contributed by atoms with Crippen LogP contribution in [0.3, 0.4) is 0 Å². The number of hydrogen-bond acceptors (Lipinski definition) is 6. The first kappa shape index (κ1) is 21.2. The van der Waals surface area contributed by atoms with Gasteiger partial charge in [-0.3, -0.25) is 10.7 Å². The molecule has 0 aromatic heterocycles. The summed E-state index contributed by atoms with van der Waals surface area (Å²) in [4.78, 5) is 13.5. The van der Waals surface area contributed by atoms with E-state index >= 15 is 0 Å². The molecular weight excluding hydrogens is 353 g/mol. The molecule has 1 heterocycles. The number of hydrogen-bond donors (Lipinski definition) is 3. The molecule has 1 aromatic carbocycles. The fourth-order valence-electron chi connectivity index (χ4n) is 3.03. The Labute approximate surface area is 159 Å². The molecule has 0 spiro atoms. The summed E-state index contributed by atoms with van der Waals surface area (Å²) in [5.74, 6) is 0.693. The zero-order chi connectivity index (χ0) is 20.0. The van der Waals surface area contributed by atoms with Crippen LogP contribution in [0.2, 0.25) is 0 Å². The Kier molecular flexibility index (Phi) is 7.26. The highest BCUT2D eigenvalue weighted by atomic mass is 19.1. The number of benzene rings is 1. The van der Waals surface area contributed by atoms with Gasteiger partial charge in [-0.05, 0) is 63.9 Å². The quantitative estimate of drug-likeness (QED) is 0.655. The molecule has 2 rings (SSSR count). The maximum Gasteiger partial charge on any atom is 0.410 e. The molecule has 27 heavy (non-hydrogen) atoms. The highest BCUT2D eigenvalue weighted by Crippen LogP contribution is 2.22. The summed E-state index contributed by atoms with van der Waals surface area (Å²) in [6, 6.07) is 4.99. The van der Waals surface area contributed by atoms with E-state index in [2.05, 4.69) is 10.8 Å². The molecular formula is C19H30FN3O4. The van der Waals surface area contributed by atoms with Crippen molar-refractivity contribution in [3.05, 3.63) is 23.8 Å². The van der Waals surface area contributed by atoms with E-state index in [1.54, 1.807) is 40.0 Å². The number of likely N-dealkylation sites (tertiary alicyclic amines) is 1. The van der Waals surface area contributed by atoms with Crippen LogP contribution in [0.1, 0.15) is 32.8 Å². The van der Waals surface area contributed by atoms with Crippen LogP contribution in [-0.2, 0) is 11.2 Å². The van der Waals surface area contributed by atoms with E-state index in [1.165, 1.54) is 4.90 Å². The van der Waals surface area contributed by atoms with Crippen LogP contribution >= 0.6 is 0 Å². The molecule has 2 unspecified atom stereocenters. The first-order valence-electron chi connectivity index (χ1n) is 9.16. The third-order valence-corrected chi connectivity index (χ3v) is 4.43. The van der Waals surface area contributed by atoms with Crippen LogP contribution < -0.4 is 15.5 Å². The van der Waals surface area contributed by atoms with Crippen LogP contribution in [0.15, 0.2) is 18.2 Å². The van der Waals surface area contributed by atoms with Crippen LogP contribution in [0.25, 0.3) is 0 Å². The Hall–Kier alpha value is -2.06. The van der Waals surface area contributed by atoms with Gasteiger partial charge in [-0.2, -0.15) is 0 Å². The molecule has 0 aliphatic carbocycles. The Morgan fingerprint density at radius 1 is 1.41 bits per heavy atom. The number of alkyl halides is 1. The zero-order valence-corrected chi connectivity index (χ0v) is 16.4. The van der Waals surface area contributed by atoms with Crippen LogP contribution in [0.4, 0.5) is 14.9 Å². The van der Waals surface area contributed by atoms with Crippen LogP contribution in [0, 0.1) is 0 Å². The lowest BCUT2D eigenvalue weighted by Gasteiger charge is -2.36. The smallest absolute Gasteiger partial charge is 0.410 e. The minimum Gasteiger partial charge on any atom is -0.497 e. The summed E-state index contributed by atoms with van der Waals surface area (Å²) in [6.45, 7) is 6.39. The number of piperidine rings is 1. The standard InChI is InChI=1S/C19H30FN3O4/c1-19(2,3)27-18(24)23-10-8-17(15(20)12-23)21-9-7-13-11-14(26-4)5-6-16(13)22-25/h5-6,11,15,17,21-22,25H,7-10,12H2,1-4H3. The van der Waals surface area contributed by atoms with E-state index in [9.17, 15) is 14.4 Å². The second-order valence-electron chi connectivity index (χ2n) is 7.68. The number of amides is 1. The van der Waals surface area contributed by atoms with E-state index in [4.69, 9.17) is 9.47 Å². The average molecular weight is 383 g/mol. The van der Waals surface area contributed by atoms with Gasteiger partial charge >= 0.3 is 6.09 Å². The minimum atomic E-state index is -1.16. The second-order valence-corrected chi connectivity index (χ2v) is 7.68. The van der Waals surface area contributed by atoms with E-state index < -0.39 is 17.9 Å². The molecule has 0 saturated carbocycles. The zero-order valence-electron chi connectivity index (χ0n) is 16.4. The van der Waals surface area contributed by atoms with Gasteiger partial charge in [-0.1, -0.05) is 0 Å². The van der Waals surface area contributed by atoms with Crippen LogP contribution in [-0.4, -0.2) is 60.8 Å². The number of rotatable bonds is 6. The highest BCUT2D eigenvalue weighted by Gasteiger charge is 2.33. The van der Waals surface area contributed by atoms with Crippen molar-refractivity contribution in [2.45, 2.75) is 51.4 Å². The molecule has 1 aromatic rings. The van der Waals surface area contributed by atoms with Gasteiger partial charge < -0.3 is 19.7 Å². The highest BCUT2D eigenvalue weighted by molar-refractivity contribution is 5.68. The van der Waals surface area contributed by atoms with E-state index in [0.717, 1.165) is 5.56 Å². The van der Waals surface area contributed by atoms with Crippen molar-refractivity contribution in [1.82, 2.24) is 10.2 Å². The molecule has 1 aliphatic heterocycles. The number of nitrogens with zero attached hydrogens (tertiary/aromatic N) is 1. The largest absolute Gasteiger partial charge is 0.497 e. The third-order valence-electron chi connectivity index (χ3n) is 4.43. The van der Waals surface area contributed by atoms with Gasteiger partial charge in [0.2, 0.25) is 0 Å². The van der Waals surface area contributed by atoms with Crippen molar-refractivity contribution in [2.75, 3.05) is 32.2 Å². The number of methoxy groups -OCH3 is 1. The Morgan fingerprint density at radius 3 is 2.74 bits per heavy atom. The lowest BCUT2D eigenvalue weighted by atomic mass is 10.0. The van der Waals surface area contributed by atoms with E-state index in [0.29, 0.717) is 37.4 Å². The molecule has 1 saturated heterocycles. The van der Waals surface area contributed by atoms with Gasteiger partial charge in [0.15, 0.2) is 0 Å². The molecule has 152 valence electrons. The second kappa shape index (κ2) is 9.23. The number of anilines is 1. The van der Waals surface area contributed by atoms with Crippen molar-refractivity contribution < 1.29 is 23.9 Å². The van der Waals surface area contributed by atoms with Gasteiger partial charge in [-0.15, -0.1) is 0 Å². The van der Waals surface area contributed by atoms with Crippen molar-refractivity contribution in [2.24, 2.45) is 0 Å². The number of halogens is 1. The summed E-state index contributed by atoms with van der Waals surface area (Å²) >= 11 is 0. The van der Waals surface area contributed by atoms with Crippen molar-refractivity contribution >= 4 is 11.8 Å². The lowest BCUT2D eigenvalue weighted by Crippen LogP contribution is -2.53. The predicted molar refractivity (Wildman–Crippen MR) is 101 cm³/mol. The maximum absolute atomic E-state index is 14.5. The van der Waals surface area contributed by atoms with Gasteiger partial charge in [0, 0.05) is 12.6 Å². The minimum absolute atomic E-state index is 0.0230. The van der Waals surface area contributed by atoms with Crippen molar-refractivity contribution in [1.29, 1.82) is 0 Å². The monoisotopic (exact) mass is 383 g/mol. The fraction of sp³-hybridized carbons (Fsp3) is 0.632. The first-order chi connectivity index (χ1) is 12.7. The summed E-state index contributed by atoms with van der Waals surface area (Å²) < 4.78 is 25.0. The SMILES string of the molecule is COc1ccc(NO)c(CCNC2CCN(C(=O)OC(C)(C)C)CC2F)c1. The maximum atomic E-state index is 14.5. The Morgan fingerprint density at radius 2 is 2.15 bits per heavy atom. The third kappa shape index (κ3) is 6.25. The van der Waals surface area contributed by atoms with Crippen molar-refractivity contribution in [3.8, 4) is 5.75 Å². The van der Waals surface area contributed by atoms with Gasteiger partial charge in [0.05, 0.1) is 19.3 Å². The number of carbonyl (C=O) groups is 1. The topological polar surface area (TPSA) is 83.1 Å². The molecule has 2 atom stereocenters. The Balaban J connectivity index is 1.84. The molecule has 0 radical (unpaired) electrons. The summed E-state index contributed by atoms with van der Waals surface area (Å²) in [6.07, 6.45) is -0.520. The van der Waals surface area contributed by atoms with E-state index in [1.807, 2.05) is 6.07 Å². The molecule has 1 amide bonds. The van der Waals surface area contributed by atoms with Crippen LogP contribution in [0.5, 0.6) is 5.75 Å². The normalized spacial score (nSPS) is 20.3.